The van der Waals surface area contributed by atoms with Crippen molar-refractivity contribution >= 4 is 29.0 Å². The Balaban J connectivity index is 2.77. The van der Waals surface area contributed by atoms with Crippen LogP contribution in [0.15, 0.2) is 18.2 Å². The Bertz CT molecular complexity index is 460. The van der Waals surface area contributed by atoms with Gasteiger partial charge in [-0.3, -0.25) is 9.59 Å². The third kappa shape index (κ3) is 3.82. The molecule has 98 valence electrons. The average Bonchev–Trinajstić information content (AvgIpc) is 2.28. The molecule has 18 heavy (non-hydrogen) atoms. The maximum absolute atomic E-state index is 11.7. The molecule has 1 amide bonds. The number of rotatable bonds is 5. The van der Waals surface area contributed by atoms with Gasteiger partial charge in [-0.25, -0.2) is 0 Å². The summed E-state index contributed by atoms with van der Waals surface area (Å²) in [5.41, 5.74) is 0.981. The third-order valence-electron chi connectivity index (χ3n) is 2.40. The molecule has 1 N–H and O–H groups in total. The zero-order valence-corrected chi connectivity index (χ0v) is 11.4. The van der Waals surface area contributed by atoms with Gasteiger partial charge >= 0.3 is 0 Å². The van der Waals surface area contributed by atoms with Crippen LogP contribution in [0.3, 0.4) is 0 Å². The maximum Gasteiger partial charge on any atom is 0.253 e. The lowest BCUT2D eigenvalue weighted by atomic mass is 10.1. The van der Waals surface area contributed by atoms with Crippen molar-refractivity contribution in [3.05, 3.63) is 28.8 Å². The van der Waals surface area contributed by atoms with Crippen LogP contribution >= 0.6 is 11.6 Å². The number of ether oxygens (including phenoxy) is 1. The number of benzene rings is 1. The van der Waals surface area contributed by atoms with E-state index in [0.29, 0.717) is 22.9 Å². The van der Waals surface area contributed by atoms with Crippen LogP contribution in [0.5, 0.6) is 0 Å². The summed E-state index contributed by atoms with van der Waals surface area (Å²) in [4.78, 5) is 22.9. The summed E-state index contributed by atoms with van der Waals surface area (Å²) in [6.07, 6.45) is -0.527. The van der Waals surface area contributed by atoms with E-state index in [9.17, 15) is 9.59 Å². The van der Waals surface area contributed by atoms with E-state index in [2.05, 4.69) is 5.32 Å². The van der Waals surface area contributed by atoms with E-state index in [-0.39, 0.29) is 11.7 Å². The highest BCUT2D eigenvalue weighted by Crippen LogP contribution is 2.21. The fourth-order valence-corrected chi connectivity index (χ4v) is 1.76. The Kier molecular flexibility index (Phi) is 5.31. The normalized spacial score (nSPS) is 12.0. The molecule has 0 saturated carbocycles. The van der Waals surface area contributed by atoms with Crippen LogP contribution in [0.4, 0.5) is 5.69 Å². The second-order valence-corrected chi connectivity index (χ2v) is 4.24. The summed E-state index contributed by atoms with van der Waals surface area (Å²) in [5, 5.41) is 3.00. The number of Topliss-reactive ketones (excluding diaryl/α,β-unsaturated/α-hetero) is 1. The first-order valence-electron chi connectivity index (χ1n) is 5.68. The van der Waals surface area contributed by atoms with Crippen molar-refractivity contribution in [3.63, 3.8) is 0 Å². The summed E-state index contributed by atoms with van der Waals surface area (Å²) in [6, 6.07) is 4.78. The van der Waals surface area contributed by atoms with Gasteiger partial charge in [-0.05, 0) is 39.0 Å². The average molecular weight is 270 g/mol. The molecule has 0 bridgehead atoms. The van der Waals surface area contributed by atoms with Crippen LogP contribution in [-0.4, -0.2) is 24.4 Å². The SMILES string of the molecule is CCO[C@@H](C)C(=O)Nc1ccc(C(C)=O)c(Cl)c1. The van der Waals surface area contributed by atoms with Crippen molar-refractivity contribution in [1.29, 1.82) is 0 Å². The Morgan fingerprint density at radius 3 is 2.61 bits per heavy atom. The summed E-state index contributed by atoms with van der Waals surface area (Å²) in [7, 11) is 0. The van der Waals surface area contributed by atoms with Gasteiger partial charge in [0.05, 0.1) is 5.02 Å². The number of carbonyl (C=O) groups excluding carboxylic acids is 2. The molecule has 0 unspecified atom stereocenters. The fourth-order valence-electron chi connectivity index (χ4n) is 1.45. The van der Waals surface area contributed by atoms with Gasteiger partial charge in [-0.2, -0.15) is 0 Å². The number of nitrogens with one attached hydrogen (secondary N) is 1. The van der Waals surface area contributed by atoms with Crippen molar-refractivity contribution in [3.8, 4) is 0 Å². The highest BCUT2D eigenvalue weighted by molar-refractivity contribution is 6.34. The highest BCUT2D eigenvalue weighted by Gasteiger charge is 2.13. The van der Waals surface area contributed by atoms with Gasteiger partial charge in [-0.1, -0.05) is 11.6 Å². The van der Waals surface area contributed by atoms with Crippen molar-refractivity contribution in [2.75, 3.05) is 11.9 Å². The van der Waals surface area contributed by atoms with Gasteiger partial charge in [0.15, 0.2) is 5.78 Å². The minimum Gasteiger partial charge on any atom is -0.369 e. The Morgan fingerprint density at radius 1 is 1.44 bits per heavy atom. The predicted octanol–water partition coefficient (Wildman–Crippen LogP) is 2.91. The molecule has 0 spiro atoms. The highest BCUT2D eigenvalue weighted by atomic mass is 35.5. The fraction of sp³-hybridized carbons (Fsp3) is 0.385. The molecule has 0 aromatic heterocycles. The lowest BCUT2D eigenvalue weighted by Crippen LogP contribution is -2.27. The van der Waals surface area contributed by atoms with Gasteiger partial charge in [0, 0.05) is 17.9 Å². The maximum atomic E-state index is 11.7. The summed E-state index contributed by atoms with van der Waals surface area (Å²) >= 11 is 5.95. The monoisotopic (exact) mass is 269 g/mol. The first-order chi connectivity index (χ1) is 8.45. The van der Waals surface area contributed by atoms with Crippen LogP contribution in [0.2, 0.25) is 5.02 Å². The van der Waals surface area contributed by atoms with E-state index in [1.807, 2.05) is 6.92 Å². The van der Waals surface area contributed by atoms with Gasteiger partial charge in [0.25, 0.3) is 5.91 Å². The molecular weight excluding hydrogens is 254 g/mol. The van der Waals surface area contributed by atoms with Crippen LogP contribution in [0.1, 0.15) is 31.1 Å². The number of ketones is 1. The molecule has 1 aromatic carbocycles. The van der Waals surface area contributed by atoms with E-state index in [1.54, 1.807) is 25.1 Å². The van der Waals surface area contributed by atoms with Crippen molar-refractivity contribution in [2.24, 2.45) is 0 Å². The smallest absolute Gasteiger partial charge is 0.253 e. The Labute approximate surface area is 111 Å². The number of amides is 1. The number of hydrogen-bond donors (Lipinski definition) is 1. The number of carbonyl (C=O) groups is 2. The van der Waals surface area contributed by atoms with E-state index in [1.165, 1.54) is 6.92 Å². The van der Waals surface area contributed by atoms with E-state index in [4.69, 9.17) is 16.3 Å². The standard InChI is InChI=1S/C13H16ClNO3/c1-4-18-9(3)13(17)15-10-5-6-11(8(2)16)12(14)7-10/h5-7,9H,4H2,1-3H3,(H,15,17)/t9-/m0/s1. The molecule has 1 aromatic rings. The zero-order valence-electron chi connectivity index (χ0n) is 10.6. The van der Waals surface area contributed by atoms with E-state index >= 15 is 0 Å². The largest absolute Gasteiger partial charge is 0.369 e. The van der Waals surface area contributed by atoms with Crippen LogP contribution < -0.4 is 5.32 Å². The summed E-state index contributed by atoms with van der Waals surface area (Å²) in [6.45, 7) is 5.40. The molecule has 5 heteroatoms. The van der Waals surface area contributed by atoms with E-state index < -0.39 is 6.10 Å². The van der Waals surface area contributed by atoms with Gasteiger partial charge in [0.2, 0.25) is 0 Å². The minimum absolute atomic E-state index is 0.111. The first-order valence-corrected chi connectivity index (χ1v) is 6.06. The minimum atomic E-state index is -0.527. The molecule has 0 fully saturated rings. The Morgan fingerprint density at radius 2 is 2.11 bits per heavy atom. The molecule has 0 aliphatic heterocycles. The van der Waals surface area contributed by atoms with Crippen molar-refractivity contribution < 1.29 is 14.3 Å². The molecule has 1 rings (SSSR count). The quantitative estimate of drug-likeness (QED) is 0.836. The molecule has 0 saturated heterocycles. The molecule has 0 heterocycles. The van der Waals surface area contributed by atoms with Crippen LogP contribution in [-0.2, 0) is 9.53 Å². The topological polar surface area (TPSA) is 55.4 Å². The van der Waals surface area contributed by atoms with Gasteiger partial charge in [0.1, 0.15) is 6.10 Å². The van der Waals surface area contributed by atoms with Crippen molar-refractivity contribution in [1.82, 2.24) is 0 Å². The Hall–Kier alpha value is -1.39. The molecule has 0 radical (unpaired) electrons. The second-order valence-electron chi connectivity index (χ2n) is 3.84. The first kappa shape index (κ1) is 14.7. The predicted molar refractivity (Wildman–Crippen MR) is 71.2 cm³/mol. The molecular formula is C13H16ClNO3. The van der Waals surface area contributed by atoms with Crippen molar-refractivity contribution in [2.45, 2.75) is 26.9 Å². The van der Waals surface area contributed by atoms with Gasteiger partial charge < -0.3 is 10.1 Å². The third-order valence-corrected chi connectivity index (χ3v) is 2.71. The molecule has 1 atom stereocenters. The second kappa shape index (κ2) is 6.52. The number of hydrogen-bond acceptors (Lipinski definition) is 3. The summed E-state index contributed by atoms with van der Waals surface area (Å²) < 4.78 is 5.17. The number of halogens is 1. The summed E-state index contributed by atoms with van der Waals surface area (Å²) in [5.74, 6) is -0.357. The lowest BCUT2D eigenvalue weighted by molar-refractivity contribution is -0.126. The molecule has 4 nitrogen and oxygen atoms in total. The van der Waals surface area contributed by atoms with Crippen LogP contribution in [0, 0.1) is 0 Å². The van der Waals surface area contributed by atoms with Crippen LogP contribution in [0.25, 0.3) is 0 Å². The zero-order chi connectivity index (χ0) is 13.7. The molecule has 0 aliphatic rings. The van der Waals surface area contributed by atoms with E-state index in [0.717, 1.165) is 0 Å². The van der Waals surface area contributed by atoms with Gasteiger partial charge in [-0.15, -0.1) is 0 Å². The number of anilines is 1. The molecule has 0 aliphatic carbocycles. The lowest BCUT2D eigenvalue weighted by Gasteiger charge is -2.12.